The van der Waals surface area contributed by atoms with Crippen LogP contribution in [-0.2, 0) is 14.3 Å². The number of nitrogens with one attached hydrogen (secondary N) is 2. The zero-order valence-corrected chi connectivity index (χ0v) is 20.2. The molecule has 0 radical (unpaired) electrons. The van der Waals surface area contributed by atoms with Crippen molar-refractivity contribution >= 4 is 18.0 Å². The lowest BCUT2D eigenvalue weighted by molar-refractivity contribution is -0.144. The van der Waals surface area contributed by atoms with E-state index in [1.165, 1.54) is 0 Å². The average molecular weight is 467 g/mol. The van der Waals surface area contributed by atoms with Gasteiger partial charge in [0.25, 0.3) is 0 Å². The van der Waals surface area contributed by atoms with Crippen molar-refractivity contribution in [2.75, 3.05) is 13.2 Å². The topological polar surface area (TPSA) is 105 Å². The molecule has 3 atom stereocenters. The molecule has 1 aliphatic rings. The summed E-state index contributed by atoms with van der Waals surface area (Å²) in [6.07, 6.45) is 0.0266. The lowest BCUT2D eigenvalue weighted by Gasteiger charge is -2.25. The number of hydrogen-bond acceptors (Lipinski definition) is 4. The Bertz CT molecular complexity index is 990. The third-order valence-electron chi connectivity index (χ3n) is 6.73. The van der Waals surface area contributed by atoms with Crippen LogP contribution >= 0.6 is 0 Å². The van der Waals surface area contributed by atoms with Crippen LogP contribution in [-0.4, -0.2) is 42.3 Å². The normalized spacial score (nSPS) is 15.1. The molecule has 0 heterocycles. The number of carbonyl (C=O) groups is 3. The van der Waals surface area contributed by atoms with Crippen molar-refractivity contribution in [2.45, 2.75) is 46.1 Å². The predicted octanol–water partition coefficient (Wildman–Crippen LogP) is 4.41. The van der Waals surface area contributed by atoms with E-state index >= 15 is 0 Å². The lowest BCUT2D eigenvalue weighted by atomic mass is 9.93. The lowest BCUT2D eigenvalue weighted by Crippen LogP contribution is -2.50. The monoisotopic (exact) mass is 466 g/mol. The first-order valence-corrected chi connectivity index (χ1v) is 11.9. The van der Waals surface area contributed by atoms with E-state index in [9.17, 15) is 19.5 Å². The van der Waals surface area contributed by atoms with Crippen LogP contribution in [0.5, 0.6) is 0 Å². The highest BCUT2D eigenvalue weighted by molar-refractivity contribution is 5.86. The molecular formula is C27H34N2O5. The Kier molecular flexibility index (Phi) is 8.31. The second kappa shape index (κ2) is 11.2. The number of alkyl carbamates (subject to hydrolysis) is 1. The molecule has 0 spiro atoms. The summed E-state index contributed by atoms with van der Waals surface area (Å²) >= 11 is 0. The summed E-state index contributed by atoms with van der Waals surface area (Å²) in [4.78, 5) is 36.9. The van der Waals surface area contributed by atoms with E-state index in [1.807, 2.05) is 45.0 Å². The number of carboxylic acids is 1. The van der Waals surface area contributed by atoms with Crippen LogP contribution in [0.15, 0.2) is 48.5 Å². The molecule has 0 saturated carbocycles. The van der Waals surface area contributed by atoms with Gasteiger partial charge in [0.1, 0.15) is 12.6 Å². The van der Waals surface area contributed by atoms with Gasteiger partial charge in [0, 0.05) is 12.5 Å². The van der Waals surface area contributed by atoms with Gasteiger partial charge >= 0.3 is 12.1 Å². The number of aliphatic carboxylic acids is 1. The zero-order valence-electron chi connectivity index (χ0n) is 20.2. The third-order valence-corrected chi connectivity index (χ3v) is 6.73. The Morgan fingerprint density at radius 1 is 0.971 bits per heavy atom. The second-order valence-corrected chi connectivity index (χ2v) is 9.27. The van der Waals surface area contributed by atoms with E-state index in [-0.39, 0.29) is 36.8 Å². The van der Waals surface area contributed by atoms with E-state index in [4.69, 9.17) is 4.74 Å². The minimum atomic E-state index is -1.06. The molecule has 1 aliphatic carbocycles. The number of fused-ring (bicyclic) bond motifs is 3. The largest absolute Gasteiger partial charge is 0.480 e. The molecule has 2 amide bonds. The van der Waals surface area contributed by atoms with Crippen LogP contribution < -0.4 is 10.6 Å². The van der Waals surface area contributed by atoms with E-state index in [0.717, 1.165) is 22.3 Å². The molecule has 7 nitrogen and oxygen atoms in total. The van der Waals surface area contributed by atoms with Gasteiger partial charge in [-0.15, -0.1) is 0 Å². The fraction of sp³-hybridized carbons (Fsp3) is 0.444. The summed E-state index contributed by atoms with van der Waals surface area (Å²) in [6, 6.07) is 15.2. The molecule has 34 heavy (non-hydrogen) atoms. The van der Waals surface area contributed by atoms with Crippen LogP contribution in [0.3, 0.4) is 0 Å². The first-order valence-electron chi connectivity index (χ1n) is 11.9. The van der Waals surface area contributed by atoms with Crippen LogP contribution in [0.2, 0.25) is 0 Å². The zero-order chi connectivity index (χ0) is 24.8. The molecule has 2 aromatic rings. The summed E-state index contributed by atoms with van der Waals surface area (Å²) in [5, 5.41) is 14.8. The Hall–Kier alpha value is -3.35. The number of hydrogen-bond donors (Lipinski definition) is 3. The van der Waals surface area contributed by atoms with Crippen molar-refractivity contribution in [1.29, 1.82) is 0 Å². The van der Waals surface area contributed by atoms with Gasteiger partial charge < -0.3 is 20.5 Å². The second-order valence-electron chi connectivity index (χ2n) is 9.27. The van der Waals surface area contributed by atoms with Gasteiger partial charge in [-0.05, 0) is 34.1 Å². The van der Waals surface area contributed by atoms with Crippen LogP contribution in [0.4, 0.5) is 4.79 Å². The van der Waals surface area contributed by atoms with Gasteiger partial charge in [-0.1, -0.05) is 82.6 Å². The van der Waals surface area contributed by atoms with E-state index in [0.29, 0.717) is 6.42 Å². The van der Waals surface area contributed by atoms with Crippen molar-refractivity contribution < 1.29 is 24.2 Å². The molecule has 2 aromatic carbocycles. The number of carboxylic acid groups (broad SMARTS) is 1. The maximum atomic E-state index is 12.8. The van der Waals surface area contributed by atoms with Crippen LogP contribution in [0.25, 0.3) is 11.1 Å². The fourth-order valence-electron chi connectivity index (χ4n) is 4.42. The highest BCUT2D eigenvalue weighted by atomic mass is 16.5. The van der Waals surface area contributed by atoms with Gasteiger partial charge in [-0.3, -0.25) is 4.79 Å². The summed E-state index contributed by atoms with van der Waals surface area (Å²) < 4.78 is 5.55. The van der Waals surface area contributed by atoms with E-state index < -0.39 is 24.0 Å². The predicted molar refractivity (Wildman–Crippen MR) is 130 cm³/mol. The summed E-state index contributed by atoms with van der Waals surface area (Å²) in [7, 11) is 0. The van der Waals surface area contributed by atoms with Gasteiger partial charge in [-0.2, -0.15) is 0 Å². The number of rotatable bonds is 10. The molecular weight excluding hydrogens is 432 g/mol. The Morgan fingerprint density at radius 2 is 1.53 bits per heavy atom. The number of benzene rings is 2. The number of ether oxygens (including phenoxy) is 1. The number of carbonyl (C=O) groups excluding carboxylic acids is 2. The highest BCUT2D eigenvalue weighted by Crippen LogP contribution is 2.44. The van der Waals surface area contributed by atoms with Gasteiger partial charge in [-0.25, -0.2) is 9.59 Å². The van der Waals surface area contributed by atoms with Gasteiger partial charge in [0.2, 0.25) is 5.91 Å². The number of amides is 2. The van der Waals surface area contributed by atoms with Crippen LogP contribution in [0, 0.1) is 17.8 Å². The quantitative estimate of drug-likeness (QED) is 0.481. The van der Waals surface area contributed by atoms with Crippen molar-refractivity contribution in [2.24, 2.45) is 17.8 Å². The Labute approximate surface area is 200 Å². The maximum Gasteiger partial charge on any atom is 0.407 e. The summed E-state index contributed by atoms with van der Waals surface area (Å²) in [5.41, 5.74) is 4.55. The Balaban J connectivity index is 1.59. The van der Waals surface area contributed by atoms with Crippen molar-refractivity contribution in [3.05, 3.63) is 59.7 Å². The van der Waals surface area contributed by atoms with Crippen LogP contribution in [0.1, 0.15) is 51.2 Å². The first kappa shape index (κ1) is 25.3. The molecule has 0 bridgehead atoms. The maximum absolute atomic E-state index is 12.8. The van der Waals surface area contributed by atoms with Crippen molar-refractivity contribution in [3.8, 4) is 11.1 Å². The molecule has 3 N–H and O–H groups in total. The minimum absolute atomic E-state index is 0.0470. The summed E-state index contributed by atoms with van der Waals surface area (Å²) in [5.74, 6) is -2.37. The van der Waals surface area contributed by atoms with E-state index in [2.05, 4.69) is 34.9 Å². The molecule has 0 aromatic heterocycles. The Morgan fingerprint density at radius 3 is 2.03 bits per heavy atom. The molecule has 3 rings (SSSR count). The summed E-state index contributed by atoms with van der Waals surface area (Å²) in [6.45, 7) is 7.65. The van der Waals surface area contributed by atoms with E-state index in [1.54, 1.807) is 6.92 Å². The first-order chi connectivity index (χ1) is 16.2. The molecule has 0 saturated heterocycles. The minimum Gasteiger partial charge on any atom is -0.480 e. The molecule has 1 unspecified atom stereocenters. The molecule has 182 valence electrons. The third kappa shape index (κ3) is 5.58. The average Bonchev–Trinajstić information content (AvgIpc) is 3.14. The molecule has 0 aliphatic heterocycles. The molecule has 7 heteroatoms. The van der Waals surface area contributed by atoms with Gasteiger partial charge in [0.15, 0.2) is 0 Å². The molecule has 0 fully saturated rings. The van der Waals surface area contributed by atoms with Crippen molar-refractivity contribution in [1.82, 2.24) is 10.6 Å². The smallest absolute Gasteiger partial charge is 0.407 e. The van der Waals surface area contributed by atoms with Crippen molar-refractivity contribution in [3.63, 3.8) is 0 Å². The highest BCUT2D eigenvalue weighted by Gasteiger charge is 2.31. The fourth-order valence-corrected chi connectivity index (χ4v) is 4.42. The SMILES string of the molecule is CC[C@H](C)[C@H](NC(=O)C(CNC(=O)OCC1c2ccccc2-c2ccccc21)C(C)C)C(=O)O. The van der Waals surface area contributed by atoms with Gasteiger partial charge in [0.05, 0.1) is 5.92 Å². The standard InChI is InChI=1S/C27H34N2O5/c1-5-17(4)24(26(31)32)29-25(30)22(16(2)3)14-28-27(33)34-15-23-20-12-8-6-10-18(20)19-11-7-9-13-21(19)23/h6-13,16-17,22-24H,5,14-15H2,1-4H3,(H,28,33)(H,29,30)(H,31,32)/t17-,22?,24-/m0/s1.